The van der Waals surface area contributed by atoms with Crippen LogP contribution in [-0.2, 0) is 13.0 Å². The molecule has 5 nitrogen and oxygen atoms in total. The summed E-state index contributed by atoms with van der Waals surface area (Å²) in [5, 5.41) is 11.0. The van der Waals surface area contributed by atoms with Crippen molar-refractivity contribution in [3.05, 3.63) is 83.7 Å². The van der Waals surface area contributed by atoms with Crippen LogP contribution in [0.25, 0.3) is 0 Å². The maximum absolute atomic E-state index is 12.1. The van der Waals surface area contributed by atoms with Crippen LogP contribution in [0.4, 0.5) is 0 Å². The van der Waals surface area contributed by atoms with E-state index < -0.39 is 0 Å². The molecule has 1 amide bonds. The van der Waals surface area contributed by atoms with Crippen LogP contribution in [0, 0.1) is 12.3 Å². The standard InChI is InChI=1S/C20H18N4O/c1-2-19(13-16-9-5-3-6-10-16)24-15-18(22-23-24)14-21-20(25)17-11-7-4-8-12-17/h1,3-12,15,19H,13-14H2,(H,21,25)/t19-/m1/s1. The highest BCUT2D eigenvalue weighted by Gasteiger charge is 2.12. The van der Waals surface area contributed by atoms with E-state index in [4.69, 9.17) is 6.42 Å². The first-order valence-electron chi connectivity index (χ1n) is 8.00. The van der Waals surface area contributed by atoms with Crippen molar-refractivity contribution in [3.8, 4) is 12.3 Å². The lowest BCUT2D eigenvalue weighted by molar-refractivity contribution is 0.0950. The fourth-order valence-electron chi connectivity index (χ4n) is 2.48. The number of benzene rings is 2. The van der Waals surface area contributed by atoms with E-state index in [-0.39, 0.29) is 11.9 Å². The number of terminal acetylenes is 1. The number of hydrogen-bond donors (Lipinski definition) is 1. The van der Waals surface area contributed by atoms with E-state index in [1.54, 1.807) is 23.0 Å². The largest absolute Gasteiger partial charge is 0.346 e. The molecule has 0 spiro atoms. The Morgan fingerprint density at radius 1 is 1.12 bits per heavy atom. The van der Waals surface area contributed by atoms with E-state index in [9.17, 15) is 4.79 Å². The summed E-state index contributed by atoms with van der Waals surface area (Å²) in [5.74, 6) is 2.60. The average molecular weight is 330 g/mol. The third-order valence-electron chi connectivity index (χ3n) is 3.81. The Balaban J connectivity index is 1.61. The van der Waals surface area contributed by atoms with Gasteiger partial charge in [-0.1, -0.05) is 59.7 Å². The molecule has 0 saturated heterocycles. The van der Waals surface area contributed by atoms with Crippen molar-refractivity contribution in [2.75, 3.05) is 0 Å². The SMILES string of the molecule is C#C[C@H](Cc1ccccc1)n1cc(CNC(=O)c2ccccc2)nn1. The number of carbonyl (C=O) groups excluding carboxylic acids is 1. The van der Waals surface area contributed by atoms with Crippen LogP contribution >= 0.6 is 0 Å². The highest BCUT2D eigenvalue weighted by atomic mass is 16.1. The summed E-state index contributed by atoms with van der Waals surface area (Å²) >= 11 is 0. The van der Waals surface area contributed by atoms with Gasteiger partial charge in [0.05, 0.1) is 12.7 Å². The van der Waals surface area contributed by atoms with E-state index >= 15 is 0 Å². The minimum absolute atomic E-state index is 0.145. The summed E-state index contributed by atoms with van der Waals surface area (Å²) in [6, 6.07) is 18.8. The molecule has 0 unspecified atom stereocenters. The molecule has 0 aliphatic heterocycles. The predicted molar refractivity (Wildman–Crippen MR) is 95.7 cm³/mol. The molecule has 3 rings (SSSR count). The quantitative estimate of drug-likeness (QED) is 0.707. The third-order valence-corrected chi connectivity index (χ3v) is 3.81. The van der Waals surface area contributed by atoms with E-state index in [0.29, 0.717) is 24.2 Å². The molecule has 3 aromatic rings. The topological polar surface area (TPSA) is 59.8 Å². The summed E-state index contributed by atoms with van der Waals surface area (Å²) in [6.45, 7) is 0.302. The predicted octanol–water partition coefficient (Wildman–Crippen LogP) is 2.63. The fourth-order valence-corrected chi connectivity index (χ4v) is 2.48. The van der Waals surface area contributed by atoms with Gasteiger partial charge in [-0.2, -0.15) is 0 Å². The zero-order valence-electron chi connectivity index (χ0n) is 13.7. The van der Waals surface area contributed by atoms with Crippen molar-refractivity contribution in [1.82, 2.24) is 20.3 Å². The molecule has 0 aliphatic rings. The first-order valence-corrected chi connectivity index (χ1v) is 8.00. The second-order valence-electron chi connectivity index (χ2n) is 5.61. The normalized spacial score (nSPS) is 11.5. The monoisotopic (exact) mass is 330 g/mol. The minimum atomic E-state index is -0.214. The van der Waals surface area contributed by atoms with Crippen molar-refractivity contribution in [2.24, 2.45) is 0 Å². The van der Waals surface area contributed by atoms with Crippen LogP contribution in [0.3, 0.4) is 0 Å². The maximum atomic E-state index is 12.1. The van der Waals surface area contributed by atoms with E-state index in [1.807, 2.05) is 48.5 Å². The van der Waals surface area contributed by atoms with Crippen molar-refractivity contribution < 1.29 is 4.79 Å². The van der Waals surface area contributed by atoms with E-state index in [0.717, 1.165) is 5.56 Å². The van der Waals surface area contributed by atoms with Crippen molar-refractivity contribution >= 4 is 5.91 Å². The van der Waals surface area contributed by atoms with Gasteiger partial charge < -0.3 is 5.32 Å². The lowest BCUT2D eigenvalue weighted by Gasteiger charge is -2.10. The number of rotatable bonds is 6. The van der Waals surface area contributed by atoms with Crippen LogP contribution in [0.2, 0.25) is 0 Å². The maximum Gasteiger partial charge on any atom is 0.251 e. The van der Waals surface area contributed by atoms with Gasteiger partial charge in [-0.15, -0.1) is 11.5 Å². The van der Waals surface area contributed by atoms with Crippen LogP contribution in [0.5, 0.6) is 0 Å². The highest BCUT2D eigenvalue weighted by molar-refractivity contribution is 5.93. The molecule has 0 fully saturated rings. The van der Waals surface area contributed by atoms with Gasteiger partial charge in [-0.3, -0.25) is 4.79 Å². The molecule has 2 aromatic carbocycles. The summed E-state index contributed by atoms with van der Waals surface area (Å²) in [7, 11) is 0. The molecule has 0 radical (unpaired) electrons. The van der Waals surface area contributed by atoms with Gasteiger partial charge in [0.1, 0.15) is 11.7 Å². The van der Waals surface area contributed by atoms with Gasteiger partial charge in [0.2, 0.25) is 0 Å². The smallest absolute Gasteiger partial charge is 0.251 e. The molecule has 1 heterocycles. The molecule has 0 bridgehead atoms. The van der Waals surface area contributed by atoms with Gasteiger partial charge in [-0.05, 0) is 17.7 Å². The van der Waals surface area contributed by atoms with Crippen molar-refractivity contribution in [1.29, 1.82) is 0 Å². The molecule has 1 aromatic heterocycles. The Labute approximate surface area is 146 Å². The first-order chi connectivity index (χ1) is 12.3. The fraction of sp³-hybridized carbons (Fsp3) is 0.150. The number of hydrogen-bond acceptors (Lipinski definition) is 3. The molecule has 0 saturated carbocycles. The number of carbonyl (C=O) groups is 1. The van der Waals surface area contributed by atoms with Crippen LogP contribution in [0.1, 0.15) is 27.7 Å². The lowest BCUT2D eigenvalue weighted by Crippen LogP contribution is -2.22. The van der Waals surface area contributed by atoms with Gasteiger partial charge in [0.15, 0.2) is 0 Å². The Morgan fingerprint density at radius 3 is 2.48 bits per heavy atom. The second-order valence-corrected chi connectivity index (χ2v) is 5.61. The summed E-state index contributed by atoms with van der Waals surface area (Å²) < 4.78 is 1.66. The summed E-state index contributed by atoms with van der Waals surface area (Å²) in [6.07, 6.45) is 8.11. The summed E-state index contributed by atoms with van der Waals surface area (Å²) in [5.41, 5.74) is 2.41. The van der Waals surface area contributed by atoms with Crippen LogP contribution in [0.15, 0.2) is 66.9 Å². The van der Waals surface area contributed by atoms with Gasteiger partial charge in [0, 0.05) is 12.0 Å². The Morgan fingerprint density at radius 2 is 1.80 bits per heavy atom. The third kappa shape index (κ3) is 4.33. The molecule has 1 N–H and O–H groups in total. The van der Waals surface area contributed by atoms with Crippen LogP contribution in [-0.4, -0.2) is 20.9 Å². The zero-order chi connectivity index (χ0) is 17.5. The Hall–Kier alpha value is -3.39. The van der Waals surface area contributed by atoms with Crippen molar-refractivity contribution in [3.63, 3.8) is 0 Å². The minimum Gasteiger partial charge on any atom is -0.346 e. The van der Waals surface area contributed by atoms with Gasteiger partial charge in [-0.25, -0.2) is 4.68 Å². The average Bonchev–Trinajstić information content (AvgIpc) is 3.14. The highest BCUT2D eigenvalue weighted by Crippen LogP contribution is 2.13. The number of nitrogens with one attached hydrogen (secondary N) is 1. The number of aromatic nitrogens is 3. The first kappa shape index (κ1) is 16.5. The van der Waals surface area contributed by atoms with E-state index in [2.05, 4.69) is 21.5 Å². The molecular weight excluding hydrogens is 312 g/mol. The molecule has 5 heteroatoms. The second kappa shape index (κ2) is 7.93. The Kier molecular flexibility index (Phi) is 5.22. The summed E-state index contributed by atoms with van der Waals surface area (Å²) in [4.78, 5) is 12.1. The molecular formula is C20H18N4O. The zero-order valence-corrected chi connectivity index (χ0v) is 13.7. The Bertz CT molecular complexity index is 865. The lowest BCUT2D eigenvalue weighted by atomic mass is 10.1. The van der Waals surface area contributed by atoms with Gasteiger partial charge >= 0.3 is 0 Å². The van der Waals surface area contributed by atoms with E-state index in [1.165, 1.54) is 0 Å². The van der Waals surface area contributed by atoms with Crippen LogP contribution < -0.4 is 5.32 Å². The molecule has 1 atom stereocenters. The van der Waals surface area contributed by atoms with Crippen molar-refractivity contribution in [2.45, 2.75) is 19.0 Å². The molecule has 25 heavy (non-hydrogen) atoms. The number of nitrogens with zero attached hydrogens (tertiary/aromatic N) is 3. The van der Waals surface area contributed by atoms with Gasteiger partial charge in [0.25, 0.3) is 5.91 Å². The molecule has 0 aliphatic carbocycles. The number of amides is 1. The molecule has 124 valence electrons.